The second kappa shape index (κ2) is 5.97. The number of amides is 2. The van der Waals surface area contributed by atoms with Crippen LogP contribution in [-0.2, 0) is 19.0 Å². The molecule has 2 fully saturated rings. The molecular formula is C13H22N2O5. The van der Waals surface area contributed by atoms with Crippen LogP contribution in [0, 0.1) is 0 Å². The molecule has 0 radical (unpaired) electrons. The molecule has 0 bridgehead atoms. The lowest BCUT2D eigenvalue weighted by Gasteiger charge is -2.28. The van der Waals surface area contributed by atoms with Gasteiger partial charge in [0.25, 0.3) is 0 Å². The molecule has 1 N–H and O–H groups in total. The topological polar surface area (TPSA) is 77.1 Å². The molecule has 2 unspecified atom stereocenters. The number of rotatable bonds is 0. The van der Waals surface area contributed by atoms with E-state index in [0.29, 0.717) is 26.2 Å². The minimum absolute atomic E-state index is 0.00726. The molecule has 114 valence electrons. The first-order chi connectivity index (χ1) is 9.35. The Morgan fingerprint density at radius 1 is 1.35 bits per heavy atom. The smallest absolute Gasteiger partial charge is 0.410 e. The highest BCUT2D eigenvalue weighted by Crippen LogP contribution is 2.16. The molecule has 2 saturated heterocycles. The van der Waals surface area contributed by atoms with Crippen molar-refractivity contribution >= 4 is 12.0 Å². The van der Waals surface area contributed by atoms with Crippen molar-refractivity contribution in [1.82, 2.24) is 10.2 Å². The molecule has 20 heavy (non-hydrogen) atoms. The molecule has 2 aliphatic rings. The Bertz CT molecular complexity index is 379. The van der Waals surface area contributed by atoms with Gasteiger partial charge in [0.2, 0.25) is 5.91 Å². The quantitative estimate of drug-likeness (QED) is 0.685. The number of carbonyl (C=O) groups excluding carboxylic acids is 2. The van der Waals surface area contributed by atoms with Crippen LogP contribution in [0.2, 0.25) is 0 Å². The minimum atomic E-state index is -0.536. The largest absolute Gasteiger partial charge is 0.444 e. The minimum Gasteiger partial charge on any atom is -0.444 e. The summed E-state index contributed by atoms with van der Waals surface area (Å²) in [5.41, 5.74) is -0.536. The lowest BCUT2D eigenvalue weighted by atomic mass is 10.2. The highest BCUT2D eigenvalue weighted by molar-refractivity contribution is 5.77. The van der Waals surface area contributed by atoms with E-state index in [9.17, 15) is 9.59 Å². The van der Waals surface area contributed by atoms with Gasteiger partial charge in [-0.15, -0.1) is 0 Å². The van der Waals surface area contributed by atoms with E-state index in [1.807, 2.05) is 20.8 Å². The maximum atomic E-state index is 12.1. The molecule has 0 aliphatic carbocycles. The van der Waals surface area contributed by atoms with Gasteiger partial charge in [-0.2, -0.15) is 0 Å². The van der Waals surface area contributed by atoms with E-state index in [1.54, 1.807) is 4.90 Å². The normalized spacial score (nSPS) is 27.9. The van der Waals surface area contributed by atoms with Gasteiger partial charge in [0.05, 0.1) is 13.2 Å². The summed E-state index contributed by atoms with van der Waals surface area (Å²) in [4.78, 5) is 25.0. The fourth-order valence-corrected chi connectivity index (χ4v) is 2.14. The predicted octanol–water partition coefficient (Wildman–Crippen LogP) is 0.137. The molecule has 7 nitrogen and oxygen atoms in total. The van der Waals surface area contributed by atoms with E-state index in [2.05, 4.69) is 5.32 Å². The Kier molecular flexibility index (Phi) is 4.49. The van der Waals surface area contributed by atoms with Gasteiger partial charge in [-0.25, -0.2) is 4.79 Å². The third kappa shape index (κ3) is 4.08. The third-order valence-corrected chi connectivity index (χ3v) is 3.09. The Labute approximate surface area is 118 Å². The predicted molar refractivity (Wildman–Crippen MR) is 70.3 cm³/mol. The number of hydrogen-bond acceptors (Lipinski definition) is 5. The molecule has 0 aromatic carbocycles. The van der Waals surface area contributed by atoms with Crippen molar-refractivity contribution in [3.8, 4) is 0 Å². The van der Waals surface area contributed by atoms with Crippen molar-refractivity contribution in [3.63, 3.8) is 0 Å². The number of hydrogen-bond donors (Lipinski definition) is 1. The lowest BCUT2D eigenvalue weighted by molar-refractivity contribution is -0.126. The maximum Gasteiger partial charge on any atom is 0.410 e. The summed E-state index contributed by atoms with van der Waals surface area (Å²) in [7, 11) is 0. The SMILES string of the molecule is CC(C)(C)OC(=O)N1CCOC2CNC(=O)COC2C1. The summed E-state index contributed by atoms with van der Waals surface area (Å²) in [6.07, 6.45) is -0.924. The summed E-state index contributed by atoms with van der Waals surface area (Å²) >= 11 is 0. The summed E-state index contributed by atoms with van der Waals surface area (Å²) in [6, 6.07) is 0. The van der Waals surface area contributed by atoms with Crippen molar-refractivity contribution in [1.29, 1.82) is 0 Å². The van der Waals surface area contributed by atoms with E-state index in [1.165, 1.54) is 0 Å². The molecule has 0 saturated carbocycles. The van der Waals surface area contributed by atoms with Crippen molar-refractivity contribution < 1.29 is 23.8 Å². The fourth-order valence-electron chi connectivity index (χ4n) is 2.14. The molecule has 2 rings (SSSR count). The molecule has 2 aliphatic heterocycles. The van der Waals surface area contributed by atoms with Crippen molar-refractivity contribution in [2.75, 3.05) is 32.8 Å². The van der Waals surface area contributed by atoms with E-state index < -0.39 is 5.60 Å². The zero-order valence-corrected chi connectivity index (χ0v) is 12.2. The Hall–Kier alpha value is -1.34. The molecular weight excluding hydrogens is 264 g/mol. The zero-order valence-electron chi connectivity index (χ0n) is 12.2. The van der Waals surface area contributed by atoms with Gasteiger partial charge in [-0.3, -0.25) is 4.79 Å². The standard InChI is InChI=1S/C13H22N2O5/c1-13(2,3)20-12(17)15-4-5-18-9-6-14-11(16)8-19-10(9)7-15/h9-10H,4-8H2,1-3H3,(H,14,16). The van der Waals surface area contributed by atoms with Crippen LogP contribution in [0.4, 0.5) is 4.79 Å². The molecule has 0 spiro atoms. The van der Waals surface area contributed by atoms with Crippen LogP contribution >= 0.6 is 0 Å². The monoisotopic (exact) mass is 286 g/mol. The van der Waals surface area contributed by atoms with Crippen LogP contribution in [0.15, 0.2) is 0 Å². The van der Waals surface area contributed by atoms with E-state index in [4.69, 9.17) is 14.2 Å². The zero-order chi connectivity index (χ0) is 14.8. The van der Waals surface area contributed by atoms with Crippen LogP contribution in [0.5, 0.6) is 0 Å². The van der Waals surface area contributed by atoms with Gasteiger partial charge in [0.1, 0.15) is 24.4 Å². The molecule has 2 atom stereocenters. The van der Waals surface area contributed by atoms with Gasteiger partial charge in [-0.1, -0.05) is 0 Å². The number of nitrogens with one attached hydrogen (secondary N) is 1. The molecule has 2 heterocycles. The van der Waals surface area contributed by atoms with Crippen molar-refractivity contribution in [3.05, 3.63) is 0 Å². The summed E-state index contributed by atoms with van der Waals surface area (Å²) < 4.78 is 16.5. The number of ether oxygens (including phenoxy) is 3. The molecule has 0 aromatic rings. The highest BCUT2D eigenvalue weighted by Gasteiger charge is 2.34. The van der Waals surface area contributed by atoms with Crippen LogP contribution in [0.1, 0.15) is 20.8 Å². The summed E-state index contributed by atoms with van der Waals surface area (Å²) in [5, 5.41) is 2.73. The average molecular weight is 286 g/mol. The number of nitrogens with zero attached hydrogens (tertiary/aromatic N) is 1. The molecule has 0 aromatic heterocycles. The van der Waals surface area contributed by atoms with E-state index >= 15 is 0 Å². The van der Waals surface area contributed by atoms with Gasteiger partial charge >= 0.3 is 6.09 Å². The van der Waals surface area contributed by atoms with Crippen LogP contribution in [-0.4, -0.2) is 67.6 Å². The second-order valence-electron chi connectivity index (χ2n) is 5.99. The van der Waals surface area contributed by atoms with E-state index in [0.717, 1.165) is 0 Å². The van der Waals surface area contributed by atoms with Gasteiger partial charge in [0, 0.05) is 13.1 Å². The lowest BCUT2D eigenvalue weighted by Crippen LogP contribution is -2.44. The Morgan fingerprint density at radius 2 is 2.10 bits per heavy atom. The maximum absolute atomic E-state index is 12.1. The number of fused-ring (bicyclic) bond motifs is 1. The Morgan fingerprint density at radius 3 is 2.80 bits per heavy atom. The first-order valence-electron chi connectivity index (χ1n) is 6.83. The van der Waals surface area contributed by atoms with Gasteiger partial charge in [-0.05, 0) is 20.8 Å². The van der Waals surface area contributed by atoms with Gasteiger partial charge in [0.15, 0.2) is 0 Å². The summed E-state index contributed by atoms with van der Waals surface area (Å²) in [5.74, 6) is -0.162. The van der Waals surface area contributed by atoms with Crippen molar-refractivity contribution in [2.24, 2.45) is 0 Å². The second-order valence-corrected chi connectivity index (χ2v) is 5.99. The molecule has 2 amide bonds. The first-order valence-corrected chi connectivity index (χ1v) is 6.83. The van der Waals surface area contributed by atoms with E-state index in [-0.39, 0.29) is 30.8 Å². The number of carbonyl (C=O) groups is 2. The third-order valence-electron chi connectivity index (χ3n) is 3.09. The highest BCUT2D eigenvalue weighted by atomic mass is 16.6. The van der Waals surface area contributed by atoms with Gasteiger partial charge < -0.3 is 24.4 Å². The summed E-state index contributed by atoms with van der Waals surface area (Å²) in [6.45, 7) is 7.11. The van der Waals surface area contributed by atoms with Crippen LogP contribution in [0.25, 0.3) is 0 Å². The van der Waals surface area contributed by atoms with Crippen LogP contribution in [0.3, 0.4) is 0 Å². The fraction of sp³-hybridized carbons (Fsp3) is 0.846. The average Bonchev–Trinajstić information content (AvgIpc) is 2.62. The van der Waals surface area contributed by atoms with Crippen LogP contribution < -0.4 is 5.32 Å². The first kappa shape index (κ1) is 15.1. The molecule has 7 heteroatoms. The Balaban J connectivity index is 2.00. The van der Waals surface area contributed by atoms with Crippen molar-refractivity contribution in [2.45, 2.75) is 38.6 Å².